The molecule has 0 saturated carbocycles. The Balaban J connectivity index is 2.07. The van der Waals surface area contributed by atoms with Crippen LogP contribution in [0.3, 0.4) is 0 Å². The number of nitrogens with one attached hydrogen (secondary N) is 2. The molecule has 2 aromatic heterocycles. The van der Waals surface area contributed by atoms with Crippen molar-refractivity contribution in [2.24, 2.45) is 0 Å². The van der Waals surface area contributed by atoms with Crippen LogP contribution in [0.1, 0.15) is 18.2 Å². The summed E-state index contributed by atoms with van der Waals surface area (Å²) in [4.78, 5) is 10.2. The smallest absolute Gasteiger partial charge is 0.191 e. The third-order valence-electron chi connectivity index (χ3n) is 2.57. The summed E-state index contributed by atoms with van der Waals surface area (Å²) in [5.74, 6) is 1.72. The minimum absolute atomic E-state index is 0.760. The number of thioether (sulfide) groups is 1. The Labute approximate surface area is 135 Å². The highest BCUT2D eigenvalue weighted by Crippen LogP contribution is 2.24. The van der Waals surface area contributed by atoms with Crippen LogP contribution in [0.15, 0.2) is 27.1 Å². The Morgan fingerprint density at radius 3 is 2.65 bits per heavy atom. The van der Waals surface area contributed by atoms with Crippen molar-refractivity contribution < 1.29 is 0 Å². The largest absolute Gasteiger partial charge is 0.370 e. The van der Waals surface area contributed by atoms with Crippen LogP contribution in [-0.2, 0) is 6.54 Å². The van der Waals surface area contributed by atoms with Gasteiger partial charge >= 0.3 is 0 Å². The van der Waals surface area contributed by atoms with Crippen LogP contribution < -0.4 is 10.6 Å². The number of halogens is 1. The summed E-state index contributed by atoms with van der Waals surface area (Å²) in [5, 5.41) is 9.51. The fraction of sp³-hybridized carbons (Fsp3) is 0.385. The van der Waals surface area contributed by atoms with Gasteiger partial charge in [-0.15, -0.1) is 11.3 Å². The predicted octanol–water partition coefficient (Wildman–Crippen LogP) is 4.46. The van der Waals surface area contributed by atoms with E-state index in [9.17, 15) is 0 Å². The average molecular weight is 373 g/mol. The van der Waals surface area contributed by atoms with Gasteiger partial charge in [-0.3, -0.25) is 0 Å². The summed E-state index contributed by atoms with van der Waals surface area (Å²) < 4.78 is 1.14. The quantitative estimate of drug-likeness (QED) is 0.555. The van der Waals surface area contributed by atoms with Gasteiger partial charge in [0.25, 0.3) is 0 Å². The van der Waals surface area contributed by atoms with Crippen LogP contribution in [0.4, 0.5) is 11.6 Å². The lowest BCUT2D eigenvalue weighted by Crippen LogP contribution is -2.06. The van der Waals surface area contributed by atoms with Gasteiger partial charge in [0, 0.05) is 22.0 Å². The van der Waals surface area contributed by atoms with E-state index in [0.29, 0.717) is 0 Å². The minimum Gasteiger partial charge on any atom is -0.370 e. The number of aromatic nitrogens is 2. The number of anilines is 2. The van der Waals surface area contributed by atoms with Crippen molar-refractivity contribution >= 4 is 50.7 Å². The molecule has 0 atom stereocenters. The molecule has 0 spiro atoms. The number of hydrogen-bond acceptors (Lipinski definition) is 6. The molecule has 0 fully saturated rings. The van der Waals surface area contributed by atoms with Gasteiger partial charge < -0.3 is 10.6 Å². The van der Waals surface area contributed by atoms with E-state index in [0.717, 1.165) is 40.8 Å². The van der Waals surface area contributed by atoms with Gasteiger partial charge in [-0.25, -0.2) is 9.97 Å². The lowest BCUT2D eigenvalue weighted by molar-refractivity contribution is 0.922. The Hall–Kier alpha value is -0.790. The van der Waals surface area contributed by atoms with Gasteiger partial charge in [0.15, 0.2) is 5.16 Å². The maximum atomic E-state index is 4.48. The van der Waals surface area contributed by atoms with E-state index in [1.165, 1.54) is 4.88 Å². The van der Waals surface area contributed by atoms with Crippen molar-refractivity contribution in [2.45, 2.75) is 25.0 Å². The molecule has 0 aliphatic rings. The second-order valence-corrected chi connectivity index (χ2v) is 6.73. The first kappa shape index (κ1) is 15.6. The molecule has 0 bridgehead atoms. The zero-order valence-electron chi connectivity index (χ0n) is 11.4. The second kappa shape index (κ2) is 7.85. The maximum absolute atomic E-state index is 4.48. The van der Waals surface area contributed by atoms with Crippen molar-refractivity contribution in [1.29, 1.82) is 0 Å². The molecule has 7 heteroatoms. The molecule has 0 aliphatic heterocycles. The molecule has 0 amide bonds. The minimum atomic E-state index is 0.760. The van der Waals surface area contributed by atoms with E-state index in [1.807, 2.05) is 12.3 Å². The van der Waals surface area contributed by atoms with Gasteiger partial charge in [-0.1, -0.05) is 18.7 Å². The molecule has 0 aromatic carbocycles. The first-order valence-electron chi connectivity index (χ1n) is 6.35. The topological polar surface area (TPSA) is 49.8 Å². The summed E-state index contributed by atoms with van der Waals surface area (Å²) in [5.41, 5.74) is 0. The Bertz CT molecular complexity index is 559. The fourth-order valence-electron chi connectivity index (χ4n) is 1.57. The van der Waals surface area contributed by atoms with Crippen LogP contribution in [0.2, 0.25) is 0 Å². The van der Waals surface area contributed by atoms with E-state index in [-0.39, 0.29) is 0 Å². The second-order valence-electron chi connectivity index (χ2n) is 4.10. The summed E-state index contributed by atoms with van der Waals surface area (Å²) in [6, 6.07) is 4.01. The fourth-order valence-corrected chi connectivity index (χ4v) is 3.38. The van der Waals surface area contributed by atoms with Crippen molar-refractivity contribution in [3.8, 4) is 0 Å². The molecule has 2 rings (SSSR count). The number of thiophene rings is 1. The Kier molecular flexibility index (Phi) is 6.12. The highest BCUT2D eigenvalue weighted by molar-refractivity contribution is 9.10. The molecule has 2 heterocycles. The third-order valence-corrected chi connectivity index (χ3v) is 5.04. The van der Waals surface area contributed by atoms with E-state index in [2.05, 4.69) is 54.9 Å². The van der Waals surface area contributed by atoms with Gasteiger partial charge in [-0.05, 0) is 40.1 Å². The van der Waals surface area contributed by atoms with E-state index in [4.69, 9.17) is 0 Å². The van der Waals surface area contributed by atoms with Crippen LogP contribution in [-0.4, -0.2) is 22.8 Å². The molecule has 2 aromatic rings. The summed E-state index contributed by atoms with van der Waals surface area (Å²) >= 11 is 6.81. The van der Waals surface area contributed by atoms with Crippen molar-refractivity contribution in [2.75, 3.05) is 23.4 Å². The Morgan fingerprint density at radius 1 is 1.30 bits per heavy atom. The van der Waals surface area contributed by atoms with Crippen molar-refractivity contribution in [3.05, 3.63) is 26.9 Å². The zero-order valence-corrected chi connectivity index (χ0v) is 14.7. The maximum Gasteiger partial charge on any atom is 0.191 e. The molecule has 0 aliphatic carbocycles. The van der Waals surface area contributed by atoms with Crippen LogP contribution in [0.5, 0.6) is 0 Å². The molecule has 2 N–H and O–H groups in total. The number of rotatable bonds is 7. The van der Waals surface area contributed by atoms with Crippen molar-refractivity contribution in [1.82, 2.24) is 9.97 Å². The highest BCUT2D eigenvalue weighted by Gasteiger charge is 2.05. The van der Waals surface area contributed by atoms with Gasteiger partial charge in [-0.2, -0.15) is 0 Å². The van der Waals surface area contributed by atoms with E-state index in [1.54, 1.807) is 23.1 Å². The summed E-state index contributed by atoms with van der Waals surface area (Å²) in [6.07, 6.45) is 3.06. The molecular formula is C13H17BrN4S2. The number of hydrogen-bond donors (Lipinski definition) is 2. The van der Waals surface area contributed by atoms with E-state index < -0.39 is 0 Å². The lowest BCUT2D eigenvalue weighted by atomic mass is 10.4. The predicted molar refractivity (Wildman–Crippen MR) is 91.9 cm³/mol. The number of nitrogens with zero attached hydrogens (tertiary/aromatic N) is 2. The molecule has 108 valence electrons. The zero-order chi connectivity index (χ0) is 14.4. The molecule has 20 heavy (non-hydrogen) atoms. The molecule has 0 saturated heterocycles. The molecule has 4 nitrogen and oxygen atoms in total. The average Bonchev–Trinajstić information content (AvgIpc) is 2.88. The van der Waals surface area contributed by atoms with Crippen LogP contribution in [0.25, 0.3) is 0 Å². The third kappa shape index (κ3) is 4.36. The Morgan fingerprint density at radius 2 is 2.05 bits per heavy atom. The first-order chi connectivity index (χ1) is 9.72. The standard InChI is InChI=1S/C13H17BrN4S2/c1-3-5-15-11-7-12(18-13(17-11)19-2)16-8-10-9(14)4-6-20-10/h4,6-7H,3,5,8H2,1-2H3,(H2,15,16,17,18). The summed E-state index contributed by atoms with van der Waals surface area (Å²) in [6.45, 7) is 3.81. The lowest BCUT2D eigenvalue weighted by Gasteiger charge is -2.10. The normalized spacial score (nSPS) is 10.6. The molecule has 0 radical (unpaired) electrons. The van der Waals surface area contributed by atoms with Crippen LogP contribution in [0, 0.1) is 0 Å². The van der Waals surface area contributed by atoms with Gasteiger partial charge in [0.2, 0.25) is 0 Å². The SMILES string of the molecule is CCCNc1cc(NCc2sccc2Br)nc(SC)n1. The highest BCUT2D eigenvalue weighted by atomic mass is 79.9. The molecular weight excluding hydrogens is 356 g/mol. The van der Waals surface area contributed by atoms with E-state index >= 15 is 0 Å². The summed E-state index contributed by atoms with van der Waals surface area (Å²) in [7, 11) is 0. The van der Waals surface area contributed by atoms with Crippen molar-refractivity contribution in [3.63, 3.8) is 0 Å². The van der Waals surface area contributed by atoms with Gasteiger partial charge in [0.05, 0.1) is 6.54 Å². The molecule has 0 unspecified atom stereocenters. The van der Waals surface area contributed by atoms with Gasteiger partial charge in [0.1, 0.15) is 11.6 Å². The first-order valence-corrected chi connectivity index (χ1v) is 9.25. The van der Waals surface area contributed by atoms with Crippen LogP contribution >= 0.6 is 39.0 Å². The monoisotopic (exact) mass is 372 g/mol.